The number of nitrogens with zero attached hydrogens (tertiary/aromatic N) is 1. The van der Waals surface area contributed by atoms with Crippen molar-refractivity contribution in [3.63, 3.8) is 0 Å². The molecule has 3 aromatic carbocycles. The summed E-state index contributed by atoms with van der Waals surface area (Å²) in [4.78, 5) is 12.2. The highest BCUT2D eigenvalue weighted by Crippen LogP contribution is 2.51. The Morgan fingerprint density at radius 2 is 1.79 bits per heavy atom. The van der Waals surface area contributed by atoms with Crippen molar-refractivity contribution in [3.8, 4) is 0 Å². The lowest BCUT2D eigenvalue weighted by atomic mass is 9.77. The molecule has 4 heteroatoms. The first-order valence-corrected chi connectivity index (χ1v) is 13.2. The summed E-state index contributed by atoms with van der Waals surface area (Å²) in [7, 11) is 0. The number of amides is 1. The predicted molar refractivity (Wildman–Crippen MR) is 160 cm³/mol. The van der Waals surface area contributed by atoms with E-state index < -0.39 is 0 Å². The molecule has 2 N–H and O–H groups in total. The van der Waals surface area contributed by atoms with E-state index in [0.29, 0.717) is 0 Å². The first-order valence-electron chi connectivity index (χ1n) is 13.2. The Bertz CT molecular complexity index is 1460. The highest BCUT2D eigenvalue weighted by atomic mass is 16.1. The van der Waals surface area contributed by atoms with Crippen LogP contribution in [0.2, 0.25) is 0 Å². The second-order valence-electron chi connectivity index (χ2n) is 10.3. The molecule has 0 bridgehead atoms. The fourth-order valence-electron chi connectivity index (χ4n) is 5.89. The number of rotatable bonds is 5. The van der Waals surface area contributed by atoms with E-state index in [1.165, 1.54) is 33.5 Å². The molecule has 3 aliphatic rings. The van der Waals surface area contributed by atoms with Gasteiger partial charge in [0.1, 0.15) is 0 Å². The summed E-state index contributed by atoms with van der Waals surface area (Å²) in [5.41, 5.74) is 12.0. The Kier molecular flexibility index (Phi) is 7.06. The first kappa shape index (κ1) is 25.3. The molecular weight excluding hydrogens is 466 g/mol. The van der Waals surface area contributed by atoms with Crippen molar-refractivity contribution in [1.82, 2.24) is 0 Å². The van der Waals surface area contributed by atoms with Crippen LogP contribution < -0.4 is 15.5 Å². The molecule has 0 saturated carbocycles. The van der Waals surface area contributed by atoms with Gasteiger partial charge in [-0.2, -0.15) is 0 Å². The lowest BCUT2D eigenvalue weighted by Crippen LogP contribution is -2.26. The summed E-state index contributed by atoms with van der Waals surface area (Å²) in [6, 6.07) is 23.3. The number of carbonyl (C=O) groups excluding carboxylic acids is 1. The van der Waals surface area contributed by atoms with Crippen LogP contribution in [-0.4, -0.2) is 13.0 Å². The van der Waals surface area contributed by atoms with Gasteiger partial charge in [0.15, 0.2) is 0 Å². The number of allylic oxidation sites excluding steroid dienone is 5. The predicted octanol–water partition coefficient (Wildman–Crippen LogP) is 7.32. The van der Waals surface area contributed by atoms with Gasteiger partial charge in [0, 0.05) is 40.4 Å². The number of fused-ring (bicyclic) bond motifs is 4. The van der Waals surface area contributed by atoms with Crippen LogP contribution in [0.4, 0.5) is 17.1 Å². The highest BCUT2D eigenvalue weighted by Gasteiger charge is 2.46. The van der Waals surface area contributed by atoms with Crippen molar-refractivity contribution in [3.05, 3.63) is 137 Å². The SMILES string of the molecule is C=C(/C=C(C)\C=C/C)Nc1ccc2c(c1)CC1(C2)C(=C)Nc2ccccc21.O=CN1CCc2ccccc21. The number of hydrogen-bond donors (Lipinski definition) is 2. The Hall–Kier alpha value is -4.31. The summed E-state index contributed by atoms with van der Waals surface area (Å²) in [6.45, 7) is 13.4. The number of carbonyl (C=O) groups is 1. The van der Waals surface area contributed by atoms with Crippen LogP contribution in [0.15, 0.2) is 115 Å². The summed E-state index contributed by atoms with van der Waals surface area (Å²) >= 11 is 0. The van der Waals surface area contributed by atoms with Crippen molar-refractivity contribution in [2.75, 3.05) is 22.1 Å². The third kappa shape index (κ3) is 4.82. The summed E-state index contributed by atoms with van der Waals surface area (Å²) in [5.74, 6) is 0. The number of anilines is 3. The van der Waals surface area contributed by atoms with Gasteiger partial charge in [-0.3, -0.25) is 4.79 Å². The lowest BCUT2D eigenvalue weighted by molar-refractivity contribution is -0.107. The average molecular weight is 502 g/mol. The number of hydrogen-bond acceptors (Lipinski definition) is 3. The summed E-state index contributed by atoms with van der Waals surface area (Å²) < 4.78 is 0. The molecule has 3 aromatic rings. The van der Waals surface area contributed by atoms with Crippen molar-refractivity contribution < 1.29 is 4.79 Å². The van der Waals surface area contributed by atoms with E-state index in [1.807, 2.05) is 31.2 Å². The van der Waals surface area contributed by atoms with Crippen molar-refractivity contribution >= 4 is 23.5 Å². The fraction of sp³-hybridized carbons (Fsp3) is 0.206. The van der Waals surface area contributed by atoms with E-state index in [-0.39, 0.29) is 5.41 Å². The highest BCUT2D eigenvalue weighted by molar-refractivity contribution is 5.79. The molecule has 1 amide bonds. The van der Waals surface area contributed by atoms with Crippen LogP contribution in [0.3, 0.4) is 0 Å². The molecule has 0 radical (unpaired) electrons. The quantitative estimate of drug-likeness (QED) is 0.284. The molecular formula is C34H35N3O. The minimum atomic E-state index is -0.0169. The van der Waals surface area contributed by atoms with Crippen LogP contribution in [0, 0.1) is 0 Å². The molecule has 1 aliphatic carbocycles. The molecule has 0 aromatic heterocycles. The minimum absolute atomic E-state index is 0.0169. The number of para-hydroxylation sites is 2. The van der Waals surface area contributed by atoms with Crippen LogP contribution >= 0.6 is 0 Å². The van der Waals surface area contributed by atoms with Gasteiger partial charge in [-0.25, -0.2) is 0 Å². The smallest absolute Gasteiger partial charge is 0.214 e. The molecule has 1 unspecified atom stereocenters. The molecule has 0 fully saturated rings. The van der Waals surface area contributed by atoms with Gasteiger partial charge in [-0.15, -0.1) is 0 Å². The Morgan fingerprint density at radius 3 is 2.61 bits per heavy atom. The molecule has 192 valence electrons. The zero-order chi connectivity index (χ0) is 26.7. The summed E-state index contributed by atoms with van der Waals surface area (Å²) in [6.07, 6.45) is 10.1. The Morgan fingerprint density at radius 1 is 1.03 bits per heavy atom. The molecule has 6 rings (SSSR count). The molecule has 4 nitrogen and oxygen atoms in total. The van der Waals surface area contributed by atoms with Crippen LogP contribution in [0.1, 0.15) is 36.1 Å². The van der Waals surface area contributed by atoms with E-state index in [0.717, 1.165) is 55.0 Å². The second kappa shape index (κ2) is 10.6. The third-order valence-corrected chi connectivity index (χ3v) is 7.68. The van der Waals surface area contributed by atoms with Gasteiger partial charge in [0.25, 0.3) is 0 Å². The second-order valence-corrected chi connectivity index (χ2v) is 10.3. The first-order chi connectivity index (χ1) is 18.4. The standard InChI is InChI=1S/C25H26N2.C9H9NO/c1-5-8-17(2)13-18(3)26-22-12-11-20-15-25(16-21(20)14-22)19(4)27-24-10-7-6-9-23(24)25;11-7-10-6-5-8-3-1-2-4-9(8)10/h5-14,26-27H,3-4,15-16H2,1-2H3;1-4,7H,5-6H2/b8-5-,17-13-;. The van der Waals surface area contributed by atoms with E-state index >= 15 is 0 Å². The van der Waals surface area contributed by atoms with Crippen LogP contribution in [0.25, 0.3) is 0 Å². The van der Waals surface area contributed by atoms with E-state index in [9.17, 15) is 4.79 Å². The molecule has 2 heterocycles. The van der Waals surface area contributed by atoms with Gasteiger partial charge in [-0.05, 0) is 91.3 Å². The molecule has 1 atom stereocenters. The topological polar surface area (TPSA) is 44.4 Å². The summed E-state index contributed by atoms with van der Waals surface area (Å²) in [5, 5.41) is 6.93. The molecule has 38 heavy (non-hydrogen) atoms. The van der Waals surface area contributed by atoms with E-state index in [4.69, 9.17) is 0 Å². The van der Waals surface area contributed by atoms with Gasteiger partial charge < -0.3 is 15.5 Å². The lowest BCUT2D eigenvalue weighted by Gasteiger charge is -2.24. The maximum Gasteiger partial charge on any atom is 0.214 e. The average Bonchev–Trinajstić information content (AvgIpc) is 3.58. The van der Waals surface area contributed by atoms with Gasteiger partial charge in [0.05, 0.1) is 0 Å². The number of benzene rings is 3. The third-order valence-electron chi connectivity index (χ3n) is 7.68. The Balaban J connectivity index is 0.000000222. The van der Waals surface area contributed by atoms with Gasteiger partial charge in [-0.1, -0.05) is 67.8 Å². The van der Waals surface area contributed by atoms with Gasteiger partial charge >= 0.3 is 0 Å². The Labute approximate surface area is 226 Å². The van der Waals surface area contributed by atoms with Gasteiger partial charge in [0.2, 0.25) is 6.41 Å². The molecule has 2 aliphatic heterocycles. The fourth-order valence-corrected chi connectivity index (χ4v) is 5.89. The van der Waals surface area contributed by atoms with Crippen LogP contribution in [0.5, 0.6) is 0 Å². The maximum absolute atomic E-state index is 10.5. The molecule has 0 saturated heterocycles. The molecule has 1 spiro atoms. The maximum atomic E-state index is 10.5. The van der Waals surface area contributed by atoms with Crippen LogP contribution in [-0.2, 0) is 29.5 Å². The normalized spacial score (nSPS) is 18.9. The van der Waals surface area contributed by atoms with Crippen molar-refractivity contribution in [2.24, 2.45) is 0 Å². The van der Waals surface area contributed by atoms with Crippen molar-refractivity contribution in [2.45, 2.75) is 38.5 Å². The minimum Gasteiger partial charge on any atom is -0.358 e. The van der Waals surface area contributed by atoms with E-state index in [1.54, 1.807) is 4.90 Å². The number of nitrogens with one attached hydrogen (secondary N) is 2. The zero-order valence-corrected chi connectivity index (χ0v) is 22.3. The monoisotopic (exact) mass is 501 g/mol. The largest absolute Gasteiger partial charge is 0.358 e. The van der Waals surface area contributed by atoms with E-state index in [2.05, 4.69) is 91.4 Å². The zero-order valence-electron chi connectivity index (χ0n) is 22.3. The van der Waals surface area contributed by atoms with Crippen molar-refractivity contribution in [1.29, 1.82) is 0 Å².